The lowest BCUT2D eigenvalue weighted by Gasteiger charge is -2.56. The van der Waals surface area contributed by atoms with Crippen molar-refractivity contribution >= 4 is 0 Å². The van der Waals surface area contributed by atoms with E-state index in [1.807, 2.05) is 0 Å². The van der Waals surface area contributed by atoms with Crippen LogP contribution in [0.3, 0.4) is 0 Å². The summed E-state index contributed by atoms with van der Waals surface area (Å²) in [5, 5.41) is 10.5. The third-order valence-corrected chi connectivity index (χ3v) is 5.66. The number of hydrogen-bond donors (Lipinski definition) is 1. The average Bonchev–Trinajstić information content (AvgIpc) is 2.56. The molecule has 0 aromatic rings. The number of aliphatic hydroxyl groups is 1. The Labute approximate surface area is 92.6 Å². The van der Waals surface area contributed by atoms with E-state index in [-0.39, 0.29) is 11.5 Å². The molecule has 0 saturated heterocycles. The second-order valence-corrected chi connectivity index (χ2v) is 5.97. The highest BCUT2D eigenvalue weighted by Crippen LogP contribution is 2.68. The second-order valence-electron chi connectivity index (χ2n) is 5.97. The zero-order chi connectivity index (χ0) is 10.5. The van der Waals surface area contributed by atoms with Crippen molar-refractivity contribution in [2.45, 2.75) is 63.9 Å². The van der Waals surface area contributed by atoms with Gasteiger partial charge in [-0.1, -0.05) is 31.4 Å². The van der Waals surface area contributed by atoms with E-state index in [2.05, 4.69) is 6.58 Å². The van der Waals surface area contributed by atoms with E-state index >= 15 is 0 Å². The summed E-state index contributed by atoms with van der Waals surface area (Å²) < 4.78 is 0. The van der Waals surface area contributed by atoms with Gasteiger partial charge in [0.05, 0.1) is 6.10 Å². The highest BCUT2D eigenvalue weighted by atomic mass is 16.3. The molecule has 1 nitrogen and oxygen atoms in total. The van der Waals surface area contributed by atoms with Crippen LogP contribution in [-0.2, 0) is 0 Å². The van der Waals surface area contributed by atoms with E-state index in [0.717, 1.165) is 6.42 Å². The summed E-state index contributed by atoms with van der Waals surface area (Å²) in [6.07, 6.45) is 11.2. The molecule has 84 valence electrons. The van der Waals surface area contributed by atoms with Gasteiger partial charge in [0, 0.05) is 5.41 Å². The van der Waals surface area contributed by atoms with Crippen molar-refractivity contribution in [3.63, 3.8) is 0 Å². The van der Waals surface area contributed by atoms with Gasteiger partial charge in [-0.3, -0.25) is 0 Å². The highest BCUT2D eigenvalue weighted by molar-refractivity contribution is 5.28. The van der Waals surface area contributed by atoms with Crippen molar-refractivity contribution in [1.29, 1.82) is 0 Å². The Hall–Kier alpha value is -0.300. The quantitative estimate of drug-likeness (QED) is 0.602. The molecule has 0 aromatic heterocycles. The van der Waals surface area contributed by atoms with E-state index in [1.54, 1.807) is 0 Å². The Kier molecular flexibility index (Phi) is 2.04. The molecule has 3 saturated carbocycles. The molecule has 3 aliphatic rings. The van der Waals surface area contributed by atoms with Gasteiger partial charge in [-0.15, -0.1) is 0 Å². The molecule has 0 unspecified atom stereocenters. The predicted molar refractivity (Wildman–Crippen MR) is 61.6 cm³/mol. The summed E-state index contributed by atoms with van der Waals surface area (Å²) in [6.45, 7) is 4.30. The van der Waals surface area contributed by atoms with E-state index < -0.39 is 0 Å². The maximum atomic E-state index is 10.5. The maximum Gasteiger partial charge on any atom is 0.0638 e. The predicted octanol–water partition coefficient (Wildman–Crippen LogP) is 3.43. The van der Waals surface area contributed by atoms with E-state index in [9.17, 15) is 5.11 Å². The molecule has 3 aliphatic carbocycles. The summed E-state index contributed by atoms with van der Waals surface area (Å²) in [6, 6.07) is 0. The second kappa shape index (κ2) is 3.10. The summed E-state index contributed by atoms with van der Waals surface area (Å²) >= 11 is 0. The van der Waals surface area contributed by atoms with Crippen LogP contribution in [0.5, 0.6) is 0 Å². The van der Waals surface area contributed by atoms with Crippen LogP contribution in [0.4, 0.5) is 0 Å². The first-order chi connectivity index (χ1) is 7.21. The fourth-order valence-corrected chi connectivity index (χ4v) is 4.98. The van der Waals surface area contributed by atoms with Crippen molar-refractivity contribution in [3.05, 3.63) is 12.2 Å². The van der Waals surface area contributed by atoms with Crippen LogP contribution in [0.25, 0.3) is 0 Å². The lowest BCUT2D eigenvalue weighted by Crippen LogP contribution is -2.52. The Balaban J connectivity index is 2.09. The van der Waals surface area contributed by atoms with Gasteiger partial charge in [-0.2, -0.15) is 0 Å². The summed E-state index contributed by atoms with van der Waals surface area (Å²) in [5.74, 6) is 0. The Morgan fingerprint density at radius 2 is 1.80 bits per heavy atom. The Morgan fingerprint density at radius 1 is 1.07 bits per heavy atom. The lowest BCUT2D eigenvalue weighted by molar-refractivity contribution is -0.0991. The minimum atomic E-state index is -0.0819. The molecule has 0 amide bonds. The largest absolute Gasteiger partial charge is 0.392 e. The number of rotatable bonds is 0. The van der Waals surface area contributed by atoms with Crippen molar-refractivity contribution in [2.24, 2.45) is 10.8 Å². The van der Waals surface area contributed by atoms with Crippen molar-refractivity contribution in [3.8, 4) is 0 Å². The SMILES string of the molecule is C=C1CC[C@@]23CCCC[C@@]12[C@H](O)CCC3. The smallest absolute Gasteiger partial charge is 0.0638 e. The van der Waals surface area contributed by atoms with Gasteiger partial charge in [-0.05, 0) is 43.9 Å². The molecule has 0 radical (unpaired) electrons. The van der Waals surface area contributed by atoms with Gasteiger partial charge in [0.15, 0.2) is 0 Å². The van der Waals surface area contributed by atoms with Gasteiger partial charge in [-0.25, -0.2) is 0 Å². The highest BCUT2D eigenvalue weighted by Gasteiger charge is 2.61. The van der Waals surface area contributed by atoms with Gasteiger partial charge in [0.25, 0.3) is 0 Å². The molecule has 0 heterocycles. The first-order valence-corrected chi connectivity index (χ1v) is 6.58. The molecular weight excluding hydrogens is 184 g/mol. The van der Waals surface area contributed by atoms with Crippen LogP contribution < -0.4 is 0 Å². The molecule has 3 atom stereocenters. The zero-order valence-corrected chi connectivity index (χ0v) is 9.60. The number of hydrogen-bond acceptors (Lipinski definition) is 1. The van der Waals surface area contributed by atoms with Gasteiger partial charge >= 0.3 is 0 Å². The first-order valence-electron chi connectivity index (χ1n) is 6.58. The fraction of sp³-hybridized carbons (Fsp3) is 0.857. The fourth-order valence-electron chi connectivity index (χ4n) is 4.98. The molecule has 3 fully saturated rings. The Bertz CT molecular complexity index is 292. The summed E-state index contributed by atoms with van der Waals surface area (Å²) in [4.78, 5) is 0. The van der Waals surface area contributed by atoms with E-state index in [1.165, 1.54) is 56.9 Å². The van der Waals surface area contributed by atoms with Gasteiger partial charge < -0.3 is 5.11 Å². The van der Waals surface area contributed by atoms with Crippen LogP contribution >= 0.6 is 0 Å². The molecule has 1 N–H and O–H groups in total. The van der Waals surface area contributed by atoms with Gasteiger partial charge in [0.1, 0.15) is 0 Å². The van der Waals surface area contributed by atoms with Gasteiger partial charge in [0.2, 0.25) is 0 Å². The topological polar surface area (TPSA) is 20.2 Å². The zero-order valence-electron chi connectivity index (χ0n) is 9.60. The Morgan fingerprint density at radius 3 is 2.60 bits per heavy atom. The monoisotopic (exact) mass is 206 g/mol. The maximum absolute atomic E-state index is 10.5. The minimum absolute atomic E-state index is 0.0819. The standard InChI is InChI=1S/C14H22O/c1-11-6-10-13-7-2-3-9-14(11,13)12(15)5-4-8-13/h12,15H,1-10H2/t12-,13+,14+/m1/s1. The van der Waals surface area contributed by atoms with Crippen molar-refractivity contribution < 1.29 is 5.11 Å². The summed E-state index contributed by atoms with van der Waals surface area (Å²) in [5.41, 5.74) is 1.98. The average molecular weight is 206 g/mol. The van der Waals surface area contributed by atoms with Crippen LogP contribution in [0.15, 0.2) is 12.2 Å². The van der Waals surface area contributed by atoms with E-state index in [0.29, 0.717) is 5.41 Å². The molecule has 0 spiro atoms. The normalized spacial score (nSPS) is 49.9. The third-order valence-electron chi connectivity index (χ3n) is 5.66. The first kappa shape index (κ1) is 9.89. The molecule has 1 heteroatoms. The van der Waals surface area contributed by atoms with Crippen LogP contribution in [0.2, 0.25) is 0 Å². The third kappa shape index (κ3) is 1.03. The van der Waals surface area contributed by atoms with E-state index in [4.69, 9.17) is 0 Å². The van der Waals surface area contributed by atoms with Crippen LogP contribution in [-0.4, -0.2) is 11.2 Å². The molecule has 15 heavy (non-hydrogen) atoms. The molecule has 3 rings (SSSR count). The van der Waals surface area contributed by atoms with Crippen molar-refractivity contribution in [2.75, 3.05) is 0 Å². The van der Waals surface area contributed by atoms with Crippen molar-refractivity contribution in [1.82, 2.24) is 0 Å². The van der Waals surface area contributed by atoms with Crippen LogP contribution in [0, 0.1) is 10.8 Å². The summed E-state index contributed by atoms with van der Waals surface area (Å²) in [7, 11) is 0. The molecule has 0 bridgehead atoms. The minimum Gasteiger partial charge on any atom is -0.392 e. The molecule has 0 aliphatic heterocycles. The molecule has 0 aromatic carbocycles. The molecular formula is C14H22O. The lowest BCUT2D eigenvalue weighted by atomic mass is 9.50. The number of aliphatic hydroxyl groups excluding tert-OH is 1. The van der Waals surface area contributed by atoms with Crippen LogP contribution in [0.1, 0.15) is 57.8 Å².